The number of H-pyrrole nitrogens is 1. The molecule has 0 unspecified atom stereocenters. The van der Waals surface area contributed by atoms with Crippen LogP contribution in [0, 0.1) is 5.82 Å². The molecule has 7 nitrogen and oxygen atoms in total. The van der Waals surface area contributed by atoms with E-state index in [1.54, 1.807) is 0 Å². The molecule has 0 spiro atoms. The van der Waals surface area contributed by atoms with Crippen LogP contribution in [0.2, 0.25) is 0 Å². The number of hydrogen-bond donors (Lipinski definition) is 2. The average Bonchev–Trinajstić information content (AvgIpc) is 3.09. The lowest BCUT2D eigenvalue weighted by atomic mass is 9.83. The molecular weight excluding hydrogens is 475 g/mol. The van der Waals surface area contributed by atoms with E-state index >= 15 is 0 Å². The van der Waals surface area contributed by atoms with Crippen LogP contribution in [0.25, 0.3) is 0 Å². The van der Waals surface area contributed by atoms with Gasteiger partial charge in [-0.15, -0.1) is 0 Å². The Morgan fingerprint density at radius 1 is 1.19 bits per heavy atom. The molecule has 0 aromatic carbocycles. The second-order valence-corrected chi connectivity index (χ2v) is 8.61. The van der Waals surface area contributed by atoms with Crippen LogP contribution >= 0.6 is 0 Å². The molecule has 15 heteroatoms. The van der Waals surface area contributed by atoms with Gasteiger partial charge in [-0.2, -0.15) is 26.3 Å². The van der Waals surface area contributed by atoms with E-state index in [9.17, 15) is 39.2 Å². The van der Waals surface area contributed by atoms with E-state index in [1.807, 2.05) is 4.72 Å². The third kappa shape index (κ3) is 4.10. The lowest BCUT2D eigenvalue weighted by molar-refractivity contribution is -0.273. The number of rotatable bonds is 5. The SMILES string of the molecule is COc1nc(C(F)(F)F)c(F)cc1NS(=O)(=O)c1c[nH]c2c1CC[C@@](OC)(C(F)(F)F)C2. The van der Waals surface area contributed by atoms with Gasteiger partial charge in [-0.3, -0.25) is 4.72 Å². The Bertz CT molecular complexity index is 1130. The van der Waals surface area contributed by atoms with Crippen LogP contribution in [-0.4, -0.2) is 44.4 Å². The first-order valence-corrected chi connectivity index (χ1v) is 10.3. The highest BCUT2D eigenvalue weighted by Gasteiger charge is 2.57. The van der Waals surface area contributed by atoms with Crippen molar-refractivity contribution < 1.29 is 48.6 Å². The monoisotopic (exact) mass is 491 g/mol. The fourth-order valence-corrected chi connectivity index (χ4v) is 4.79. The van der Waals surface area contributed by atoms with E-state index in [4.69, 9.17) is 4.74 Å². The summed E-state index contributed by atoms with van der Waals surface area (Å²) in [5.41, 5.74) is -5.10. The van der Waals surface area contributed by atoms with E-state index in [0.29, 0.717) is 0 Å². The zero-order valence-electron chi connectivity index (χ0n) is 16.4. The van der Waals surface area contributed by atoms with Gasteiger partial charge >= 0.3 is 12.4 Å². The molecule has 0 radical (unpaired) electrons. The molecule has 178 valence electrons. The van der Waals surface area contributed by atoms with Crippen molar-refractivity contribution in [1.82, 2.24) is 9.97 Å². The van der Waals surface area contributed by atoms with E-state index in [-0.39, 0.29) is 23.7 Å². The zero-order valence-corrected chi connectivity index (χ0v) is 17.2. The van der Waals surface area contributed by atoms with Gasteiger partial charge in [0.15, 0.2) is 17.1 Å². The first-order chi connectivity index (χ1) is 14.6. The van der Waals surface area contributed by atoms with Gasteiger partial charge in [0.05, 0.1) is 7.11 Å². The number of aromatic nitrogens is 2. The summed E-state index contributed by atoms with van der Waals surface area (Å²) in [6.07, 6.45) is -10.5. The molecule has 0 saturated carbocycles. The van der Waals surface area contributed by atoms with Gasteiger partial charge < -0.3 is 14.5 Å². The number of aromatic amines is 1. The van der Waals surface area contributed by atoms with Crippen LogP contribution in [-0.2, 0) is 33.8 Å². The Kier molecular flexibility index (Phi) is 5.87. The fourth-order valence-electron chi connectivity index (χ4n) is 3.48. The number of nitrogens with one attached hydrogen (secondary N) is 2. The average molecular weight is 491 g/mol. The van der Waals surface area contributed by atoms with Crippen LogP contribution in [0.4, 0.5) is 36.4 Å². The molecule has 2 heterocycles. The van der Waals surface area contributed by atoms with E-state index < -0.39 is 68.8 Å². The van der Waals surface area contributed by atoms with E-state index in [2.05, 4.69) is 14.7 Å². The minimum Gasteiger partial charge on any atom is -0.479 e. The highest BCUT2D eigenvalue weighted by Crippen LogP contribution is 2.44. The molecule has 0 saturated heterocycles. The zero-order chi connectivity index (χ0) is 24.1. The summed E-state index contributed by atoms with van der Waals surface area (Å²) in [4.78, 5) is 5.01. The number of alkyl halides is 6. The van der Waals surface area contributed by atoms with Crippen molar-refractivity contribution in [1.29, 1.82) is 0 Å². The molecule has 0 aliphatic heterocycles. The maximum absolute atomic E-state index is 13.9. The highest BCUT2D eigenvalue weighted by atomic mass is 32.2. The second kappa shape index (κ2) is 7.79. The highest BCUT2D eigenvalue weighted by molar-refractivity contribution is 7.92. The first kappa shape index (κ1) is 24.1. The molecule has 0 amide bonds. The van der Waals surface area contributed by atoms with Gasteiger partial charge in [-0.1, -0.05) is 0 Å². The third-order valence-electron chi connectivity index (χ3n) is 5.12. The van der Waals surface area contributed by atoms with Crippen molar-refractivity contribution in [2.24, 2.45) is 0 Å². The molecule has 2 aromatic heterocycles. The summed E-state index contributed by atoms with van der Waals surface area (Å²) in [7, 11) is -2.76. The van der Waals surface area contributed by atoms with E-state index in [0.717, 1.165) is 20.4 Å². The second-order valence-electron chi connectivity index (χ2n) is 6.96. The molecule has 0 fully saturated rings. The van der Waals surface area contributed by atoms with Crippen LogP contribution in [0.5, 0.6) is 5.88 Å². The summed E-state index contributed by atoms with van der Waals surface area (Å²) in [5.74, 6) is -2.69. The normalized spacial score (nSPS) is 19.5. The first-order valence-electron chi connectivity index (χ1n) is 8.81. The summed E-state index contributed by atoms with van der Waals surface area (Å²) >= 11 is 0. The molecule has 1 atom stereocenters. The Morgan fingerprint density at radius 2 is 1.84 bits per heavy atom. The van der Waals surface area contributed by atoms with Crippen LogP contribution in [0.15, 0.2) is 17.2 Å². The summed E-state index contributed by atoms with van der Waals surface area (Å²) in [6, 6.07) is 0.255. The Hall–Kier alpha value is -2.55. The van der Waals surface area contributed by atoms with Gasteiger partial charge in [0.1, 0.15) is 10.6 Å². The summed E-state index contributed by atoms with van der Waals surface area (Å²) in [6.45, 7) is 0. The number of anilines is 1. The van der Waals surface area contributed by atoms with Gasteiger partial charge in [-0.05, 0) is 18.4 Å². The molecule has 1 aliphatic carbocycles. The van der Waals surface area contributed by atoms with Gasteiger partial charge in [-0.25, -0.2) is 17.8 Å². The van der Waals surface area contributed by atoms with Crippen LogP contribution in [0.3, 0.4) is 0 Å². The smallest absolute Gasteiger partial charge is 0.436 e. The Balaban J connectivity index is 1.97. The number of ether oxygens (including phenoxy) is 2. The minimum absolute atomic E-state index is 0.0283. The van der Waals surface area contributed by atoms with Gasteiger partial charge in [0, 0.05) is 31.5 Å². The van der Waals surface area contributed by atoms with Crippen LogP contribution < -0.4 is 9.46 Å². The Labute approximate surface area is 177 Å². The predicted molar refractivity (Wildman–Crippen MR) is 95.2 cm³/mol. The topological polar surface area (TPSA) is 93.3 Å². The number of fused-ring (bicyclic) bond motifs is 1. The standard InChI is InChI=1S/C17H16F7N3O4S/c1-30-14-10(5-9(18)13(26-14)16(19,20)21)27-32(28,29)12-7-25-11-6-15(31-2,17(22,23)24)4-3-8(11)12/h5,7,25,27H,3-4,6H2,1-2H3/t15-/m0/s1. The molecule has 0 bridgehead atoms. The largest absolute Gasteiger partial charge is 0.479 e. The molecule has 1 aliphatic rings. The quantitative estimate of drug-likeness (QED) is 0.621. The van der Waals surface area contributed by atoms with Crippen molar-refractivity contribution in [2.45, 2.75) is 42.1 Å². The van der Waals surface area contributed by atoms with Crippen molar-refractivity contribution >= 4 is 15.7 Å². The molecule has 2 aromatic rings. The number of nitrogens with zero attached hydrogens (tertiary/aromatic N) is 1. The number of pyridine rings is 1. The summed E-state index contributed by atoms with van der Waals surface area (Å²) < 4.78 is 130. The van der Waals surface area contributed by atoms with Crippen molar-refractivity contribution in [3.8, 4) is 5.88 Å². The van der Waals surface area contributed by atoms with Crippen molar-refractivity contribution in [2.75, 3.05) is 18.9 Å². The maximum atomic E-state index is 13.9. The van der Waals surface area contributed by atoms with Crippen molar-refractivity contribution in [3.05, 3.63) is 35.0 Å². The minimum atomic E-state index is -5.15. The Morgan fingerprint density at radius 3 is 2.38 bits per heavy atom. The summed E-state index contributed by atoms with van der Waals surface area (Å²) in [5, 5.41) is 0. The number of halogens is 7. The number of sulfonamides is 1. The van der Waals surface area contributed by atoms with Gasteiger partial charge in [0.25, 0.3) is 10.0 Å². The molecule has 2 N–H and O–H groups in total. The fraction of sp³-hybridized carbons (Fsp3) is 0.471. The van der Waals surface area contributed by atoms with E-state index in [1.165, 1.54) is 0 Å². The number of hydrogen-bond acceptors (Lipinski definition) is 5. The lowest BCUT2D eigenvalue weighted by Crippen LogP contribution is -2.51. The van der Waals surface area contributed by atoms with Gasteiger partial charge in [0.2, 0.25) is 5.88 Å². The lowest BCUT2D eigenvalue weighted by Gasteiger charge is -2.37. The maximum Gasteiger partial charge on any atom is 0.436 e. The number of methoxy groups -OCH3 is 2. The predicted octanol–water partition coefficient (Wildman–Crippen LogP) is 3.81. The third-order valence-corrected chi connectivity index (χ3v) is 6.56. The molecule has 3 rings (SSSR count). The molecule has 32 heavy (non-hydrogen) atoms. The van der Waals surface area contributed by atoms with Crippen LogP contribution in [0.1, 0.15) is 23.4 Å². The molecular formula is C17H16F7N3O4S. The van der Waals surface area contributed by atoms with Crippen molar-refractivity contribution in [3.63, 3.8) is 0 Å².